The van der Waals surface area contributed by atoms with Crippen molar-refractivity contribution >= 4 is 12.4 Å². The van der Waals surface area contributed by atoms with Gasteiger partial charge in [0.15, 0.2) is 5.82 Å². The van der Waals surface area contributed by atoms with E-state index in [2.05, 4.69) is 15.5 Å². The number of benzene rings is 2. The number of hydrogen-bond donors (Lipinski definition) is 0. The fraction of sp³-hybridized carbons (Fsp3) is 0.0714. The zero-order valence-corrected chi connectivity index (χ0v) is 11.2. The molecule has 1 heterocycles. The lowest BCUT2D eigenvalue weighted by atomic mass is 10.2. The molecule has 0 unspecified atom stereocenters. The summed E-state index contributed by atoms with van der Waals surface area (Å²) in [6.07, 6.45) is 0. The van der Waals surface area contributed by atoms with E-state index in [-0.39, 0.29) is 12.4 Å². The number of aromatic nitrogens is 4. The molecule has 0 saturated carbocycles. The first kappa shape index (κ1) is 13.2. The van der Waals surface area contributed by atoms with E-state index in [4.69, 9.17) is 0 Å². The molecular formula is C14H13ClN4. The molecule has 0 aliphatic heterocycles. The SMILES string of the molecule is Cc1ccccc1-n1nnnc1-c1ccccc1.Cl. The maximum atomic E-state index is 4.11. The standard InChI is InChI=1S/C14H12N4.ClH/c1-11-7-5-6-10-13(11)18-14(15-16-17-18)12-8-3-2-4-9-12;/h2-10H,1H3;1H. The maximum absolute atomic E-state index is 4.11. The second-order valence-electron chi connectivity index (χ2n) is 4.07. The predicted octanol–water partition coefficient (Wildman–Crippen LogP) is 3.06. The lowest BCUT2D eigenvalue weighted by Crippen LogP contribution is -2.01. The summed E-state index contributed by atoms with van der Waals surface area (Å²) in [6.45, 7) is 2.05. The van der Waals surface area contributed by atoms with Crippen LogP contribution in [0.15, 0.2) is 54.6 Å². The zero-order valence-electron chi connectivity index (χ0n) is 10.4. The van der Waals surface area contributed by atoms with E-state index in [0.29, 0.717) is 0 Å². The average Bonchev–Trinajstić information content (AvgIpc) is 2.89. The molecule has 0 aliphatic carbocycles. The molecule has 19 heavy (non-hydrogen) atoms. The third-order valence-corrected chi connectivity index (χ3v) is 2.85. The molecule has 0 amide bonds. The Bertz CT molecular complexity index is 664. The lowest BCUT2D eigenvalue weighted by Gasteiger charge is -2.07. The van der Waals surface area contributed by atoms with Gasteiger partial charge >= 0.3 is 0 Å². The van der Waals surface area contributed by atoms with Gasteiger partial charge in [0.25, 0.3) is 0 Å². The van der Waals surface area contributed by atoms with Crippen LogP contribution in [0.4, 0.5) is 0 Å². The number of nitrogens with zero attached hydrogens (tertiary/aromatic N) is 4. The van der Waals surface area contributed by atoms with E-state index in [9.17, 15) is 0 Å². The van der Waals surface area contributed by atoms with Crippen LogP contribution >= 0.6 is 12.4 Å². The van der Waals surface area contributed by atoms with Crippen molar-refractivity contribution in [2.24, 2.45) is 0 Å². The molecule has 0 fully saturated rings. The van der Waals surface area contributed by atoms with E-state index < -0.39 is 0 Å². The van der Waals surface area contributed by atoms with Crippen LogP contribution in [0.3, 0.4) is 0 Å². The van der Waals surface area contributed by atoms with Crippen molar-refractivity contribution < 1.29 is 0 Å². The summed E-state index contributed by atoms with van der Waals surface area (Å²) >= 11 is 0. The fourth-order valence-electron chi connectivity index (χ4n) is 1.92. The van der Waals surface area contributed by atoms with Crippen LogP contribution in [0.25, 0.3) is 17.1 Å². The molecule has 0 radical (unpaired) electrons. The number of rotatable bonds is 2. The van der Waals surface area contributed by atoms with Crippen molar-refractivity contribution in [3.63, 3.8) is 0 Å². The molecular weight excluding hydrogens is 260 g/mol. The largest absolute Gasteiger partial charge is 0.193 e. The molecule has 5 heteroatoms. The van der Waals surface area contributed by atoms with Crippen molar-refractivity contribution in [3.05, 3.63) is 60.2 Å². The molecule has 0 N–H and O–H groups in total. The van der Waals surface area contributed by atoms with Gasteiger partial charge in [0, 0.05) is 5.56 Å². The van der Waals surface area contributed by atoms with Gasteiger partial charge in [-0.2, -0.15) is 4.68 Å². The van der Waals surface area contributed by atoms with Gasteiger partial charge in [-0.05, 0) is 29.0 Å². The second kappa shape index (κ2) is 5.63. The van der Waals surface area contributed by atoms with Gasteiger partial charge < -0.3 is 0 Å². The predicted molar refractivity (Wildman–Crippen MR) is 76.6 cm³/mol. The van der Waals surface area contributed by atoms with Crippen molar-refractivity contribution in [3.8, 4) is 17.1 Å². The Kier molecular flexibility index (Phi) is 3.92. The summed E-state index contributed by atoms with van der Waals surface area (Å²) in [4.78, 5) is 0. The van der Waals surface area contributed by atoms with Gasteiger partial charge in [0.2, 0.25) is 0 Å². The summed E-state index contributed by atoms with van der Waals surface area (Å²) in [5.41, 5.74) is 3.15. The Labute approximate surface area is 117 Å². The molecule has 1 aromatic heterocycles. The number of para-hydroxylation sites is 1. The van der Waals surface area contributed by atoms with Crippen molar-refractivity contribution in [1.82, 2.24) is 20.2 Å². The van der Waals surface area contributed by atoms with Crippen LogP contribution in [0.1, 0.15) is 5.56 Å². The molecule has 2 aromatic carbocycles. The van der Waals surface area contributed by atoms with Gasteiger partial charge in [-0.1, -0.05) is 48.5 Å². The third kappa shape index (κ3) is 2.48. The highest BCUT2D eigenvalue weighted by Crippen LogP contribution is 2.20. The number of aryl methyl sites for hydroxylation is 1. The summed E-state index contributed by atoms with van der Waals surface area (Å²) in [5.74, 6) is 0.755. The molecule has 0 saturated heterocycles. The van der Waals surface area contributed by atoms with Crippen LogP contribution in [0.2, 0.25) is 0 Å². The summed E-state index contributed by atoms with van der Waals surface area (Å²) < 4.78 is 1.77. The first-order valence-corrected chi connectivity index (χ1v) is 5.76. The Morgan fingerprint density at radius 1 is 0.895 bits per heavy atom. The normalized spacial score (nSPS) is 9.95. The molecule has 3 aromatic rings. The van der Waals surface area contributed by atoms with E-state index >= 15 is 0 Å². The third-order valence-electron chi connectivity index (χ3n) is 2.85. The molecule has 4 nitrogen and oxygen atoms in total. The second-order valence-corrected chi connectivity index (χ2v) is 4.07. The minimum atomic E-state index is 0. The Morgan fingerprint density at radius 2 is 1.58 bits per heavy atom. The van der Waals surface area contributed by atoms with E-state index in [1.807, 2.05) is 61.5 Å². The van der Waals surface area contributed by atoms with Crippen LogP contribution < -0.4 is 0 Å². The Hall–Kier alpha value is -2.20. The number of halogens is 1. The fourth-order valence-corrected chi connectivity index (χ4v) is 1.92. The van der Waals surface area contributed by atoms with Crippen molar-refractivity contribution in [1.29, 1.82) is 0 Å². The van der Waals surface area contributed by atoms with E-state index in [1.165, 1.54) is 0 Å². The van der Waals surface area contributed by atoms with Crippen molar-refractivity contribution in [2.75, 3.05) is 0 Å². The van der Waals surface area contributed by atoms with Gasteiger partial charge in [-0.25, -0.2) is 0 Å². The van der Waals surface area contributed by atoms with Crippen LogP contribution in [0.5, 0.6) is 0 Å². The minimum Gasteiger partial charge on any atom is -0.193 e. The number of hydrogen-bond acceptors (Lipinski definition) is 3. The highest BCUT2D eigenvalue weighted by atomic mass is 35.5. The van der Waals surface area contributed by atoms with Gasteiger partial charge in [0.1, 0.15) is 0 Å². The first-order chi connectivity index (χ1) is 8.86. The van der Waals surface area contributed by atoms with Gasteiger partial charge in [-0.3, -0.25) is 0 Å². The highest BCUT2D eigenvalue weighted by molar-refractivity contribution is 5.85. The van der Waals surface area contributed by atoms with Crippen molar-refractivity contribution in [2.45, 2.75) is 6.92 Å². The van der Waals surface area contributed by atoms with E-state index in [1.54, 1.807) is 4.68 Å². The van der Waals surface area contributed by atoms with Crippen LogP contribution in [-0.4, -0.2) is 20.2 Å². The molecule has 0 aliphatic rings. The molecule has 0 bridgehead atoms. The first-order valence-electron chi connectivity index (χ1n) is 5.76. The van der Waals surface area contributed by atoms with Crippen LogP contribution in [-0.2, 0) is 0 Å². The molecule has 3 rings (SSSR count). The summed E-state index contributed by atoms with van der Waals surface area (Å²) in [6, 6.07) is 18.0. The molecule has 0 spiro atoms. The van der Waals surface area contributed by atoms with Gasteiger partial charge in [0.05, 0.1) is 5.69 Å². The topological polar surface area (TPSA) is 43.6 Å². The molecule has 0 atom stereocenters. The van der Waals surface area contributed by atoms with E-state index in [0.717, 1.165) is 22.6 Å². The van der Waals surface area contributed by atoms with Crippen LogP contribution in [0, 0.1) is 6.92 Å². The lowest BCUT2D eigenvalue weighted by molar-refractivity contribution is 0.787. The smallest absolute Gasteiger partial charge is 0.187 e. The Morgan fingerprint density at radius 3 is 2.32 bits per heavy atom. The van der Waals surface area contributed by atoms with Gasteiger partial charge in [-0.15, -0.1) is 17.5 Å². The minimum absolute atomic E-state index is 0. The maximum Gasteiger partial charge on any atom is 0.187 e. The monoisotopic (exact) mass is 272 g/mol. The summed E-state index contributed by atoms with van der Waals surface area (Å²) in [5, 5.41) is 12.0. The Balaban J connectivity index is 0.00000133. The molecule has 96 valence electrons. The average molecular weight is 273 g/mol. The number of tetrazole rings is 1. The quantitative estimate of drug-likeness (QED) is 0.720. The zero-order chi connectivity index (χ0) is 12.4. The summed E-state index contributed by atoms with van der Waals surface area (Å²) in [7, 11) is 0. The highest BCUT2D eigenvalue weighted by Gasteiger charge is 2.11.